The van der Waals surface area contributed by atoms with E-state index >= 15 is 0 Å². The molecule has 2 aromatic rings. The minimum Gasteiger partial charge on any atom is -0.477 e. The summed E-state index contributed by atoms with van der Waals surface area (Å²) in [5.74, 6) is -1.75. The molecule has 148 valence electrons. The standard InChI is InChI=1S/C19H23N5O4/c1-9(2)22-16-13(7-20)12(6-15(24-16)19(27)28)17(25)21-8-14-10(3)5-11(4)23-18(14)26/h5-7,9,20H,8H2,1-4H3,(H,21,25)(H,22,24)(H,23,26)(H,27,28). The Morgan fingerprint density at radius 3 is 2.54 bits per heavy atom. The normalized spacial score (nSPS) is 10.6. The van der Waals surface area contributed by atoms with Crippen molar-refractivity contribution >= 4 is 23.9 Å². The number of carbonyl (C=O) groups is 2. The summed E-state index contributed by atoms with van der Waals surface area (Å²) in [7, 11) is 0. The van der Waals surface area contributed by atoms with Crippen LogP contribution < -0.4 is 16.2 Å². The van der Waals surface area contributed by atoms with E-state index in [2.05, 4.69) is 20.6 Å². The van der Waals surface area contributed by atoms with Crippen LogP contribution in [0, 0.1) is 19.3 Å². The second-order valence-corrected chi connectivity index (χ2v) is 6.69. The number of hydrogen-bond donors (Lipinski definition) is 5. The smallest absolute Gasteiger partial charge is 0.354 e. The zero-order valence-electron chi connectivity index (χ0n) is 16.1. The summed E-state index contributed by atoms with van der Waals surface area (Å²) in [6, 6.07) is 2.83. The minimum absolute atomic E-state index is 0.00765. The zero-order valence-corrected chi connectivity index (χ0v) is 16.1. The lowest BCUT2D eigenvalue weighted by Crippen LogP contribution is -2.29. The number of pyridine rings is 2. The van der Waals surface area contributed by atoms with Gasteiger partial charge in [0.25, 0.3) is 11.5 Å². The maximum Gasteiger partial charge on any atom is 0.354 e. The monoisotopic (exact) mass is 385 g/mol. The van der Waals surface area contributed by atoms with Gasteiger partial charge in [-0.1, -0.05) is 0 Å². The van der Waals surface area contributed by atoms with Gasteiger partial charge in [0.2, 0.25) is 0 Å². The molecule has 0 bridgehead atoms. The number of anilines is 1. The topological polar surface area (TPSA) is 148 Å². The van der Waals surface area contributed by atoms with Crippen LogP contribution in [0.15, 0.2) is 16.9 Å². The number of aryl methyl sites for hydroxylation is 2. The SMILES string of the molecule is Cc1cc(C)c(CNC(=O)c2cc(C(=O)O)nc(NC(C)C)c2C=N)c(=O)[nH]1. The summed E-state index contributed by atoms with van der Waals surface area (Å²) in [6.07, 6.45) is 0.947. The van der Waals surface area contributed by atoms with Gasteiger partial charge in [0, 0.05) is 35.6 Å². The maximum atomic E-state index is 12.7. The number of carboxylic acid groups (broad SMARTS) is 1. The molecule has 0 atom stereocenters. The van der Waals surface area contributed by atoms with Crippen molar-refractivity contribution in [3.63, 3.8) is 0 Å². The molecular formula is C19H23N5O4. The van der Waals surface area contributed by atoms with Crippen LogP contribution in [0.2, 0.25) is 0 Å². The molecule has 2 rings (SSSR count). The molecule has 28 heavy (non-hydrogen) atoms. The number of nitrogens with zero attached hydrogens (tertiary/aromatic N) is 1. The van der Waals surface area contributed by atoms with Gasteiger partial charge < -0.3 is 26.1 Å². The van der Waals surface area contributed by atoms with Gasteiger partial charge in [-0.25, -0.2) is 9.78 Å². The van der Waals surface area contributed by atoms with Crippen molar-refractivity contribution in [1.29, 1.82) is 5.41 Å². The summed E-state index contributed by atoms with van der Waals surface area (Å²) in [4.78, 5) is 42.9. The third-order valence-electron chi connectivity index (χ3n) is 4.01. The van der Waals surface area contributed by atoms with Crippen molar-refractivity contribution in [2.75, 3.05) is 5.32 Å². The quantitative estimate of drug-likeness (QED) is 0.459. The summed E-state index contributed by atoms with van der Waals surface area (Å²) in [5.41, 5.74) is 1.41. The average molecular weight is 385 g/mol. The number of carbonyl (C=O) groups excluding carboxylic acids is 1. The Kier molecular flexibility index (Phi) is 6.29. The molecule has 0 spiro atoms. The molecule has 9 nitrogen and oxygen atoms in total. The van der Waals surface area contributed by atoms with E-state index in [1.54, 1.807) is 19.9 Å². The van der Waals surface area contributed by atoms with Crippen molar-refractivity contribution in [3.05, 3.63) is 56.1 Å². The van der Waals surface area contributed by atoms with Gasteiger partial charge in [0.15, 0.2) is 5.69 Å². The summed E-state index contributed by atoms with van der Waals surface area (Å²) in [6.45, 7) is 7.16. The van der Waals surface area contributed by atoms with E-state index in [9.17, 15) is 19.5 Å². The Bertz CT molecular complexity index is 995. The molecule has 0 saturated carbocycles. The molecule has 0 radical (unpaired) electrons. The number of hydrogen-bond acceptors (Lipinski definition) is 6. The average Bonchev–Trinajstić information content (AvgIpc) is 2.59. The fourth-order valence-electron chi connectivity index (χ4n) is 2.75. The van der Waals surface area contributed by atoms with Crippen LogP contribution in [-0.2, 0) is 6.54 Å². The van der Waals surface area contributed by atoms with Crippen LogP contribution in [0.4, 0.5) is 5.82 Å². The zero-order chi connectivity index (χ0) is 21.0. The molecule has 0 fully saturated rings. The Morgan fingerprint density at radius 2 is 2.00 bits per heavy atom. The van der Waals surface area contributed by atoms with Crippen molar-refractivity contribution in [2.24, 2.45) is 0 Å². The molecule has 9 heteroatoms. The first-order valence-corrected chi connectivity index (χ1v) is 8.67. The number of aromatic nitrogens is 2. The number of aromatic carboxylic acids is 1. The molecule has 2 heterocycles. The van der Waals surface area contributed by atoms with Gasteiger partial charge in [-0.2, -0.15) is 0 Å². The van der Waals surface area contributed by atoms with Gasteiger partial charge in [-0.05, 0) is 45.4 Å². The summed E-state index contributed by atoms with van der Waals surface area (Å²) < 4.78 is 0. The molecule has 0 aliphatic rings. The van der Waals surface area contributed by atoms with Gasteiger partial charge >= 0.3 is 5.97 Å². The first-order valence-electron chi connectivity index (χ1n) is 8.67. The number of H-pyrrole nitrogens is 1. The molecule has 0 aliphatic carbocycles. The molecular weight excluding hydrogens is 362 g/mol. The lowest BCUT2D eigenvalue weighted by atomic mass is 10.1. The number of aromatic amines is 1. The predicted octanol–water partition coefficient (Wildman–Crippen LogP) is 1.83. The van der Waals surface area contributed by atoms with Crippen LogP contribution in [0.1, 0.15) is 57.1 Å². The van der Waals surface area contributed by atoms with E-state index in [4.69, 9.17) is 5.41 Å². The van der Waals surface area contributed by atoms with Crippen molar-refractivity contribution < 1.29 is 14.7 Å². The summed E-state index contributed by atoms with van der Waals surface area (Å²) in [5, 5.41) is 22.5. The predicted molar refractivity (Wildman–Crippen MR) is 106 cm³/mol. The lowest BCUT2D eigenvalue weighted by molar-refractivity contribution is 0.0690. The number of nitrogens with one attached hydrogen (secondary N) is 4. The highest BCUT2D eigenvalue weighted by atomic mass is 16.4. The Morgan fingerprint density at radius 1 is 1.32 bits per heavy atom. The Balaban J connectivity index is 2.41. The second-order valence-electron chi connectivity index (χ2n) is 6.69. The molecule has 2 aromatic heterocycles. The van der Waals surface area contributed by atoms with E-state index in [1.807, 2.05) is 13.8 Å². The molecule has 0 aromatic carbocycles. The molecule has 5 N–H and O–H groups in total. The van der Waals surface area contributed by atoms with E-state index < -0.39 is 11.9 Å². The third kappa shape index (κ3) is 4.61. The Hall–Kier alpha value is -3.49. The van der Waals surface area contributed by atoms with Crippen LogP contribution in [0.5, 0.6) is 0 Å². The minimum atomic E-state index is -1.29. The highest BCUT2D eigenvalue weighted by Crippen LogP contribution is 2.19. The largest absolute Gasteiger partial charge is 0.477 e. The van der Waals surface area contributed by atoms with E-state index in [0.717, 1.165) is 17.8 Å². The number of amides is 1. The lowest BCUT2D eigenvalue weighted by Gasteiger charge is -2.16. The van der Waals surface area contributed by atoms with Gasteiger partial charge in [0.1, 0.15) is 5.82 Å². The van der Waals surface area contributed by atoms with Gasteiger partial charge in [-0.3, -0.25) is 9.59 Å². The van der Waals surface area contributed by atoms with Crippen LogP contribution >= 0.6 is 0 Å². The third-order valence-corrected chi connectivity index (χ3v) is 4.01. The van der Waals surface area contributed by atoms with Crippen LogP contribution in [0.25, 0.3) is 0 Å². The van der Waals surface area contributed by atoms with Crippen molar-refractivity contribution in [2.45, 2.75) is 40.3 Å². The van der Waals surface area contributed by atoms with E-state index in [1.165, 1.54) is 0 Å². The molecule has 0 aliphatic heterocycles. The molecule has 0 saturated heterocycles. The van der Waals surface area contributed by atoms with Crippen LogP contribution in [0.3, 0.4) is 0 Å². The van der Waals surface area contributed by atoms with Crippen LogP contribution in [-0.4, -0.2) is 39.2 Å². The first-order chi connectivity index (χ1) is 13.1. The number of rotatable bonds is 7. The fourth-order valence-corrected chi connectivity index (χ4v) is 2.75. The number of carboxylic acids is 1. The highest BCUT2D eigenvalue weighted by Gasteiger charge is 2.20. The molecule has 0 unspecified atom stereocenters. The summed E-state index contributed by atoms with van der Waals surface area (Å²) >= 11 is 0. The van der Waals surface area contributed by atoms with Gasteiger partial charge in [-0.15, -0.1) is 0 Å². The van der Waals surface area contributed by atoms with Crippen molar-refractivity contribution in [3.8, 4) is 0 Å². The van der Waals surface area contributed by atoms with E-state index in [0.29, 0.717) is 11.3 Å². The maximum absolute atomic E-state index is 12.7. The van der Waals surface area contributed by atoms with Gasteiger partial charge in [0.05, 0.1) is 5.56 Å². The molecule has 1 amide bonds. The van der Waals surface area contributed by atoms with Crippen molar-refractivity contribution in [1.82, 2.24) is 15.3 Å². The highest BCUT2D eigenvalue weighted by molar-refractivity contribution is 6.06. The Labute approximate surface area is 161 Å². The second kappa shape index (κ2) is 8.47. The van der Waals surface area contributed by atoms with E-state index in [-0.39, 0.29) is 40.8 Å². The fraction of sp³-hybridized carbons (Fsp3) is 0.316. The first kappa shape index (κ1) is 20.8.